The molecule has 15 nitrogen and oxygen atoms in total. The summed E-state index contributed by atoms with van der Waals surface area (Å²) in [6.07, 6.45) is 3.21. The van der Waals surface area contributed by atoms with E-state index in [0.29, 0.717) is 71.7 Å². The van der Waals surface area contributed by atoms with Gasteiger partial charge in [-0.25, -0.2) is 15.0 Å². The molecular formula is C49H56F3N11O4. The van der Waals surface area contributed by atoms with Gasteiger partial charge in [0.2, 0.25) is 5.91 Å². The van der Waals surface area contributed by atoms with Gasteiger partial charge in [0.15, 0.2) is 5.82 Å². The number of rotatable bonds is 10. The Balaban J connectivity index is 0.924. The molecular weight excluding hydrogens is 864 g/mol. The Morgan fingerprint density at radius 3 is 2.52 bits per heavy atom. The third-order valence-electron chi connectivity index (χ3n) is 13.8. The maximum absolute atomic E-state index is 14.0. The SMILES string of the molecule is C=CC(=O)Nc1cc(Nc2nc(-c3ccnc(N4CCn5c(cc6c5CC(C)(C)C6)C4=O)c3CO)cn(C)c2=O)ccc1N1CCN(C2CCN(c3cccc(C(F)(F)F)n3)[C@H](C)C2)C[C@@H]1C. The molecule has 352 valence electrons. The Bertz CT molecular complexity index is 2820. The van der Waals surface area contributed by atoms with Gasteiger partial charge in [0.25, 0.3) is 11.5 Å². The molecule has 3 aliphatic heterocycles. The van der Waals surface area contributed by atoms with Gasteiger partial charge in [-0.3, -0.25) is 24.2 Å². The van der Waals surface area contributed by atoms with Crippen LogP contribution in [0.4, 0.5) is 47.7 Å². The molecule has 0 bridgehead atoms. The lowest BCUT2D eigenvalue weighted by atomic mass is 9.90. The van der Waals surface area contributed by atoms with Crippen LogP contribution in [0, 0.1) is 5.41 Å². The quantitative estimate of drug-likeness (QED) is 0.127. The van der Waals surface area contributed by atoms with E-state index in [4.69, 9.17) is 4.98 Å². The Labute approximate surface area is 386 Å². The molecule has 2 saturated heterocycles. The highest BCUT2D eigenvalue weighted by atomic mass is 19.4. The molecule has 5 aromatic rings. The number of piperidine rings is 1. The van der Waals surface area contributed by atoms with Crippen molar-refractivity contribution in [3.05, 3.63) is 112 Å². The number of nitrogens with zero attached hydrogens (tertiary/aromatic N) is 9. The van der Waals surface area contributed by atoms with Crippen LogP contribution in [0.1, 0.15) is 73.5 Å². The zero-order valence-corrected chi connectivity index (χ0v) is 38.4. The van der Waals surface area contributed by atoms with Gasteiger partial charge in [0.1, 0.15) is 23.0 Å². The molecule has 9 rings (SSSR count). The van der Waals surface area contributed by atoms with Crippen LogP contribution >= 0.6 is 0 Å². The van der Waals surface area contributed by atoms with Gasteiger partial charge in [0, 0.05) is 99.3 Å². The Hall–Kier alpha value is -6.53. The lowest BCUT2D eigenvalue weighted by Crippen LogP contribution is -2.58. The minimum absolute atomic E-state index is 0.00594. The molecule has 1 aliphatic carbocycles. The van der Waals surface area contributed by atoms with Crippen LogP contribution in [0.2, 0.25) is 0 Å². The van der Waals surface area contributed by atoms with E-state index in [1.54, 1.807) is 42.5 Å². The molecule has 7 heterocycles. The van der Waals surface area contributed by atoms with E-state index in [0.717, 1.165) is 50.5 Å². The monoisotopic (exact) mass is 919 g/mol. The van der Waals surface area contributed by atoms with Crippen molar-refractivity contribution in [1.82, 2.24) is 29.0 Å². The largest absolute Gasteiger partial charge is 0.433 e. The highest BCUT2D eigenvalue weighted by molar-refractivity contribution is 6.06. The average Bonchev–Trinajstić information content (AvgIpc) is 3.79. The van der Waals surface area contributed by atoms with Gasteiger partial charge in [-0.1, -0.05) is 26.5 Å². The molecule has 0 radical (unpaired) electrons. The smallest absolute Gasteiger partial charge is 0.392 e. The fourth-order valence-corrected chi connectivity index (χ4v) is 10.6. The average molecular weight is 920 g/mol. The number of fused-ring (bicyclic) bond motifs is 3. The second-order valence-corrected chi connectivity index (χ2v) is 19.0. The number of aliphatic hydroxyl groups excluding tert-OH is 1. The van der Waals surface area contributed by atoms with E-state index in [9.17, 15) is 32.7 Å². The number of halogens is 3. The van der Waals surface area contributed by atoms with Crippen molar-refractivity contribution in [3.63, 3.8) is 0 Å². The number of anilines is 6. The lowest BCUT2D eigenvalue weighted by molar-refractivity contribution is -0.141. The number of hydrogen-bond donors (Lipinski definition) is 3. The minimum atomic E-state index is -4.51. The van der Waals surface area contributed by atoms with Crippen molar-refractivity contribution in [2.75, 3.05) is 58.1 Å². The Morgan fingerprint density at radius 2 is 1.79 bits per heavy atom. The zero-order valence-electron chi connectivity index (χ0n) is 38.4. The first-order valence-electron chi connectivity index (χ1n) is 22.8. The molecule has 2 fully saturated rings. The van der Waals surface area contributed by atoms with E-state index in [2.05, 4.69) is 62.3 Å². The molecule has 3 N–H and O–H groups in total. The van der Waals surface area contributed by atoms with Crippen molar-refractivity contribution in [1.29, 1.82) is 0 Å². The van der Waals surface area contributed by atoms with E-state index in [1.807, 2.05) is 30.0 Å². The Morgan fingerprint density at radius 1 is 0.985 bits per heavy atom. The van der Waals surface area contributed by atoms with Crippen molar-refractivity contribution in [2.24, 2.45) is 12.5 Å². The molecule has 1 unspecified atom stereocenters. The third kappa shape index (κ3) is 8.79. The minimum Gasteiger partial charge on any atom is -0.392 e. The van der Waals surface area contributed by atoms with E-state index < -0.39 is 29.9 Å². The summed E-state index contributed by atoms with van der Waals surface area (Å²) in [5.74, 6) is 0.0869. The van der Waals surface area contributed by atoms with Gasteiger partial charge in [0.05, 0.1) is 23.7 Å². The van der Waals surface area contributed by atoms with Crippen LogP contribution in [0.15, 0.2) is 78.4 Å². The summed E-state index contributed by atoms with van der Waals surface area (Å²) in [6, 6.07) is 13.5. The van der Waals surface area contributed by atoms with E-state index in [-0.39, 0.29) is 35.3 Å². The summed E-state index contributed by atoms with van der Waals surface area (Å²) in [4.78, 5) is 62.1. The molecule has 0 spiro atoms. The van der Waals surface area contributed by atoms with Crippen LogP contribution < -0.4 is 30.9 Å². The van der Waals surface area contributed by atoms with Crippen LogP contribution in [0.3, 0.4) is 0 Å². The summed E-state index contributed by atoms with van der Waals surface area (Å²) < 4.78 is 43.8. The van der Waals surface area contributed by atoms with Crippen molar-refractivity contribution in [3.8, 4) is 11.3 Å². The summed E-state index contributed by atoms with van der Waals surface area (Å²) >= 11 is 0. The van der Waals surface area contributed by atoms with Crippen LogP contribution in [0.5, 0.6) is 0 Å². The molecule has 2 amide bonds. The molecule has 0 saturated carbocycles. The number of carbonyl (C=O) groups excluding carboxylic acids is 2. The first kappa shape index (κ1) is 45.6. The highest BCUT2D eigenvalue weighted by Crippen LogP contribution is 2.41. The lowest BCUT2D eigenvalue weighted by Gasteiger charge is -2.48. The number of pyridine rings is 2. The number of carbonyl (C=O) groups is 2. The maximum atomic E-state index is 14.0. The highest BCUT2D eigenvalue weighted by Gasteiger charge is 2.39. The summed E-state index contributed by atoms with van der Waals surface area (Å²) in [5, 5.41) is 16.9. The predicted molar refractivity (Wildman–Crippen MR) is 252 cm³/mol. The fourth-order valence-electron chi connectivity index (χ4n) is 10.6. The molecule has 4 aromatic heterocycles. The van der Waals surface area contributed by atoms with Crippen LogP contribution in [-0.4, -0.2) is 96.8 Å². The standard InChI is InChI=1S/C49H56F3N11O4/c1-7-43(65)55-36-23-32(11-12-38(36)60-18-17-59(26-30(60)3)33-14-16-61(29(2)21-33)42-10-8-9-41(57-42)49(50,51)52)54-44-47(67)58(6)27-37(56-44)34-13-15-53-45(35(34)28-64)63-20-19-62-39(46(63)66)22-31-24-48(4,5)25-40(31)62/h7-13,15,22-23,27,29-30,33,64H,1,14,16-21,24-26,28H2,2-6H3,(H,54,56)(H,55,65)/t29-,30+,33?/m1/s1. The van der Waals surface area contributed by atoms with Gasteiger partial charge in [-0.05, 0) is 99.0 Å². The van der Waals surface area contributed by atoms with Gasteiger partial charge < -0.3 is 34.7 Å². The number of hydrogen-bond acceptors (Lipinski definition) is 11. The number of benzene rings is 1. The van der Waals surface area contributed by atoms with Gasteiger partial charge in [-0.2, -0.15) is 13.2 Å². The number of amides is 2. The van der Waals surface area contributed by atoms with Crippen molar-refractivity contribution >= 4 is 46.3 Å². The Kier molecular flexibility index (Phi) is 12.0. The van der Waals surface area contributed by atoms with Crippen molar-refractivity contribution in [2.45, 2.75) is 90.8 Å². The zero-order chi connectivity index (χ0) is 47.5. The molecule has 4 aliphatic rings. The number of piperazine rings is 1. The maximum Gasteiger partial charge on any atom is 0.433 e. The summed E-state index contributed by atoms with van der Waals surface area (Å²) in [6.45, 7) is 15.5. The third-order valence-corrected chi connectivity index (χ3v) is 13.8. The number of nitrogens with one attached hydrogen (secondary N) is 2. The normalized spacial score (nSPS) is 20.7. The number of aliphatic hydroxyl groups is 1. The van der Waals surface area contributed by atoms with E-state index >= 15 is 0 Å². The first-order chi connectivity index (χ1) is 31.9. The molecule has 18 heteroatoms. The predicted octanol–water partition coefficient (Wildman–Crippen LogP) is 6.77. The van der Waals surface area contributed by atoms with Crippen molar-refractivity contribution < 1.29 is 27.9 Å². The van der Waals surface area contributed by atoms with Gasteiger partial charge in [-0.15, -0.1) is 0 Å². The van der Waals surface area contributed by atoms with E-state index in [1.165, 1.54) is 28.0 Å². The summed E-state index contributed by atoms with van der Waals surface area (Å²) in [7, 11) is 1.61. The topological polar surface area (TPSA) is 157 Å². The van der Waals surface area contributed by atoms with Crippen LogP contribution in [-0.2, 0) is 44.0 Å². The number of aryl methyl sites for hydroxylation is 1. The second kappa shape index (κ2) is 17.6. The fraction of sp³-hybridized carbons (Fsp3) is 0.429. The van der Waals surface area contributed by atoms with Gasteiger partial charge >= 0.3 is 6.18 Å². The first-order valence-corrected chi connectivity index (χ1v) is 22.8. The summed E-state index contributed by atoms with van der Waals surface area (Å²) in [5.41, 5.74) is 4.94. The van der Waals surface area contributed by atoms with Crippen LogP contribution in [0.25, 0.3) is 11.3 Å². The molecule has 3 atom stereocenters. The molecule has 67 heavy (non-hydrogen) atoms. The number of aromatic nitrogens is 5. The number of alkyl halides is 3. The second-order valence-electron chi connectivity index (χ2n) is 19.0. The molecule has 1 aromatic carbocycles.